The molecule has 0 N–H and O–H groups in total. The van der Waals surface area contributed by atoms with Gasteiger partial charge in [-0.15, -0.1) is 0 Å². The van der Waals surface area contributed by atoms with Gasteiger partial charge in [0, 0.05) is 13.2 Å². The highest BCUT2D eigenvalue weighted by molar-refractivity contribution is 4.40. The summed E-state index contributed by atoms with van der Waals surface area (Å²) in [6.07, 6.45) is 3.62. The zero-order valence-electron chi connectivity index (χ0n) is 13.6. The third kappa shape index (κ3) is 17.8. The van der Waals surface area contributed by atoms with Gasteiger partial charge in [-0.2, -0.15) is 0 Å². The van der Waals surface area contributed by atoms with Gasteiger partial charge in [0.15, 0.2) is 0 Å². The number of unbranched alkanes of at least 4 members (excludes halogenated alkanes) is 2. The molecule has 0 rings (SSSR count). The Morgan fingerprint density at radius 2 is 1.05 bits per heavy atom. The maximum Gasteiger partial charge on any atom is 0.0701 e. The molecule has 0 saturated heterocycles. The lowest BCUT2D eigenvalue weighted by atomic mass is 10.3. The van der Waals surface area contributed by atoms with Crippen LogP contribution in [0.1, 0.15) is 26.2 Å². The van der Waals surface area contributed by atoms with Crippen LogP contribution in [0.5, 0.6) is 0 Å². The van der Waals surface area contributed by atoms with Crippen molar-refractivity contribution >= 4 is 0 Å². The van der Waals surface area contributed by atoms with Crippen molar-refractivity contribution in [1.82, 2.24) is 4.90 Å². The second-order valence-corrected chi connectivity index (χ2v) is 4.96. The molecule has 0 aliphatic heterocycles. The zero-order valence-corrected chi connectivity index (χ0v) is 13.6. The fraction of sp³-hybridized carbons (Fsp3) is 1.00. The van der Waals surface area contributed by atoms with E-state index < -0.39 is 0 Å². The molecule has 20 heavy (non-hydrogen) atoms. The van der Waals surface area contributed by atoms with E-state index in [1.807, 2.05) is 14.1 Å². The molecule has 5 heteroatoms. The summed E-state index contributed by atoms with van der Waals surface area (Å²) in [5.74, 6) is 0. The van der Waals surface area contributed by atoms with Crippen molar-refractivity contribution in [3.63, 3.8) is 0 Å². The number of nitrogens with zero attached hydrogens (tertiary/aromatic N) is 1. The van der Waals surface area contributed by atoms with Gasteiger partial charge in [0.1, 0.15) is 0 Å². The summed E-state index contributed by atoms with van der Waals surface area (Å²) in [7, 11) is 4.06. The highest BCUT2D eigenvalue weighted by Crippen LogP contribution is 1.93. The molecule has 0 unspecified atom stereocenters. The molecule has 0 aromatic rings. The van der Waals surface area contributed by atoms with E-state index in [0.717, 1.165) is 26.2 Å². The summed E-state index contributed by atoms with van der Waals surface area (Å²) >= 11 is 0. The normalized spacial score (nSPS) is 11.4. The standard InChI is InChI=1S/C15H33NO4/c1-4-5-6-8-17-10-12-19-14-15-20-13-11-18-9-7-16(2)3/h4-15H2,1-3H3. The van der Waals surface area contributed by atoms with Crippen LogP contribution in [0, 0.1) is 0 Å². The SMILES string of the molecule is CCCCCOCCOCCOCCOCCN(C)C. The average molecular weight is 291 g/mol. The molecule has 0 fully saturated rings. The summed E-state index contributed by atoms with van der Waals surface area (Å²) < 4.78 is 21.6. The molecule has 0 radical (unpaired) electrons. The van der Waals surface area contributed by atoms with Crippen LogP contribution in [0.15, 0.2) is 0 Å². The third-order valence-corrected chi connectivity index (χ3v) is 2.69. The predicted molar refractivity (Wildman–Crippen MR) is 81.4 cm³/mol. The lowest BCUT2D eigenvalue weighted by molar-refractivity contribution is -0.00322. The number of likely N-dealkylation sites (N-methyl/N-ethyl adjacent to an activating group) is 1. The summed E-state index contributed by atoms with van der Waals surface area (Å²) in [5, 5.41) is 0. The van der Waals surface area contributed by atoms with Crippen LogP contribution in [0.4, 0.5) is 0 Å². The first kappa shape index (κ1) is 19.8. The zero-order chi connectivity index (χ0) is 14.9. The minimum absolute atomic E-state index is 0.618. The van der Waals surface area contributed by atoms with E-state index in [4.69, 9.17) is 18.9 Å². The topological polar surface area (TPSA) is 40.2 Å². The maximum absolute atomic E-state index is 5.44. The summed E-state index contributed by atoms with van der Waals surface area (Å²) in [4.78, 5) is 2.10. The van der Waals surface area contributed by atoms with Gasteiger partial charge in [0.2, 0.25) is 0 Å². The summed E-state index contributed by atoms with van der Waals surface area (Å²) in [5.41, 5.74) is 0. The highest BCUT2D eigenvalue weighted by atomic mass is 16.6. The van der Waals surface area contributed by atoms with E-state index in [-0.39, 0.29) is 0 Å². The molecule has 0 amide bonds. The van der Waals surface area contributed by atoms with E-state index in [1.54, 1.807) is 0 Å². The second kappa shape index (κ2) is 16.9. The largest absolute Gasteiger partial charge is 0.379 e. The fourth-order valence-electron chi connectivity index (χ4n) is 1.46. The van der Waals surface area contributed by atoms with Crippen molar-refractivity contribution in [1.29, 1.82) is 0 Å². The van der Waals surface area contributed by atoms with E-state index in [2.05, 4.69) is 11.8 Å². The number of hydrogen-bond acceptors (Lipinski definition) is 5. The van der Waals surface area contributed by atoms with Crippen molar-refractivity contribution in [2.24, 2.45) is 0 Å². The van der Waals surface area contributed by atoms with Gasteiger partial charge in [-0.05, 0) is 20.5 Å². The average Bonchev–Trinajstić information content (AvgIpc) is 2.43. The Kier molecular flexibility index (Phi) is 16.7. The van der Waals surface area contributed by atoms with Crippen molar-refractivity contribution < 1.29 is 18.9 Å². The Hall–Kier alpha value is -0.200. The highest BCUT2D eigenvalue weighted by Gasteiger charge is 1.93. The molecule has 0 aromatic heterocycles. The maximum atomic E-state index is 5.44. The molecule has 0 aliphatic rings. The summed E-state index contributed by atoms with van der Waals surface area (Å²) in [6.45, 7) is 8.58. The second-order valence-electron chi connectivity index (χ2n) is 4.96. The van der Waals surface area contributed by atoms with Gasteiger partial charge < -0.3 is 23.8 Å². The van der Waals surface area contributed by atoms with Crippen molar-refractivity contribution in [2.75, 3.05) is 73.5 Å². The predicted octanol–water partition coefficient (Wildman–Crippen LogP) is 1.80. The molecule has 0 aromatic carbocycles. The number of hydrogen-bond donors (Lipinski definition) is 0. The molecule has 0 saturated carbocycles. The quantitative estimate of drug-likeness (QED) is 0.406. The van der Waals surface area contributed by atoms with Crippen LogP contribution in [0.2, 0.25) is 0 Å². The minimum Gasteiger partial charge on any atom is -0.379 e. The van der Waals surface area contributed by atoms with Crippen molar-refractivity contribution in [3.05, 3.63) is 0 Å². The Balaban J connectivity index is 2.92. The lowest BCUT2D eigenvalue weighted by Crippen LogP contribution is -2.19. The Morgan fingerprint density at radius 3 is 1.50 bits per heavy atom. The molecule has 0 spiro atoms. The Bertz CT molecular complexity index is 179. The molecular weight excluding hydrogens is 258 g/mol. The lowest BCUT2D eigenvalue weighted by Gasteiger charge is -2.10. The molecular formula is C15H33NO4. The first-order valence-corrected chi connectivity index (χ1v) is 7.73. The fourth-order valence-corrected chi connectivity index (χ4v) is 1.46. The summed E-state index contributed by atoms with van der Waals surface area (Å²) in [6, 6.07) is 0. The van der Waals surface area contributed by atoms with Gasteiger partial charge in [-0.25, -0.2) is 0 Å². The van der Waals surface area contributed by atoms with Crippen LogP contribution in [0.3, 0.4) is 0 Å². The Labute approximate surface area is 124 Å². The van der Waals surface area contributed by atoms with Crippen LogP contribution < -0.4 is 0 Å². The van der Waals surface area contributed by atoms with Gasteiger partial charge in [-0.3, -0.25) is 0 Å². The molecule has 122 valence electrons. The first-order chi connectivity index (χ1) is 9.77. The van der Waals surface area contributed by atoms with E-state index in [0.29, 0.717) is 39.6 Å². The first-order valence-electron chi connectivity index (χ1n) is 7.73. The molecule has 0 atom stereocenters. The monoisotopic (exact) mass is 291 g/mol. The minimum atomic E-state index is 0.618. The van der Waals surface area contributed by atoms with Gasteiger partial charge in [0.25, 0.3) is 0 Å². The number of ether oxygens (including phenoxy) is 4. The van der Waals surface area contributed by atoms with E-state index in [1.165, 1.54) is 12.8 Å². The van der Waals surface area contributed by atoms with Crippen molar-refractivity contribution in [3.8, 4) is 0 Å². The Morgan fingerprint density at radius 1 is 0.600 bits per heavy atom. The van der Waals surface area contributed by atoms with Crippen LogP contribution in [-0.4, -0.2) is 78.4 Å². The molecule has 0 heterocycles. The van der Waals surface area contributed by atoms with Gasteiger partial charge in [-0.1, -0.05) is 19.8 Å². The molecule has 0 bridgehead atoms. The number of rotatable bonds is 16. The van der Waals surface area contributed by atoms with E-state index in [9.17, 15) is 0 Å². The van der Waals surface area contributed by atoms with Crippen LogP contribution in [-0.2, 0) is 18.9 Å². The van der Waals surface area contributed by atoms with Gasteiger partial charge >= 0.3 is 0 Å². The van der Waals surface area contributed by atoms with E-state index >= 15 is 0 Å². The third-order valence-electron chi connectivity index (χ3n) is 2.69. The van der Waals surface area contributed by atoms with Crippen LogP contribution in [0.25, 0.3) is 0 Å². The smallest absolute Gasteiger partial charge is 0.0701 e. The molecule has 5 nitrogen and oxygen atoms in total. The van der Waals surface area contributed by atoms with Crippen LogP contribution >= 0.6 is 0 Å². The van der Waals surface area contributed by atoms with Gasteiger partial charge in [0.05, 0.1) is 46.2 Å². The van der Waals surface area contributed by atoms with Crippen molar-refractivity contribution in [2.45, 2.75) is 26.2 Å². The molecule has 0 aliphatic carbocycles.